The molecule has 22 heavy (non-hydrogen) atoms. The Labute approximate surface area is 135 Å². The summed E-state index contributed by atoms with van der Waals surface area (Å²) in [5.74, 6) is -0.692. The van der Waals surface area contributed by atoms with Gasteiger partial charge in [-0.1, -0.05) is 57.6 Å². The number of rotatable bonds is 16. The maximum absolute atomic E-state index is 10.3. The molecule has 0 aliphatic heterocycles. The van der Waals surface area contributed by atoms with E-state index in [4.69, 9.17) is 10.4 Å². The molecule has 0 saturated heterocycles. The van der Waals surface area contributed by atoms with Gasteiger partial charge in [0.05, 0.1) is 6.10 Å². The highest BCUT2D eigenvalue weighted by Crippen LogP contribution is 2.12. The Morgan fingerprint density at radius 3 is 2.32 bits per heavy atom. The highest BCUT2D eigenvalue weighted by molar-refractivity contribution is 5.66. The van der Waals surface area contributed by atoms with E-state index in [1.54, 1.807) is 0 Å². The van der Waals surface area contributed by atoms with Crippen LogP contribution in [0.1, 0.15) is 90.4 Å². The van der Waals surface area contributed by atoms with Crippen molar-refractivity contribution in [1.29, 1.82) is 0 Å². The van der Waals surface area contributed by atoms with Crippen molar-refractivity contribution in [2.45, 2.75) is 96.5 Å². The smallest absolute Gasteiger partial charge is 0.303 e. The van der Waals surface area contributed by atoms with Crippen LogP contribution < -0.4 is 0 Å². The quantitative estimate of drug-likeness (QED) is 0.169. The van der Waals surface area contributed by atoms with E-state index in [0.717, 1.165) is 51.4 Å². The molecule has 0 spiro atoms. The molecule has 0 aromatic heterocycles. The predicted octanol–water partition coefficient (Wildman–Crippen LogP) is 5.58. The second kappa shape index (κ2) is 16.5. The summed E-state index contributed by atoms with van der Waals surface area (Å²) < 4.78 is 0. The van der Waals surface area contributed by atoms with Crippen molar-refractivity contribution in [2.24, 2.45) is 0 Å². The summed E-state index contributed by atoms with van der Waals surface area (Å²) in [4.78, 5) is 14.9. The molecule has 0 radical (unpaired) electrons. The third kappa shape index (κ3) is 15.5. The number of hydrogen-bond acceptors (Lipinski definition) is 3. The summed E-state index contributed by atoms with van der Waals surface area (Å²) in [5, 5.41) is 17.4. The lowest BCUT2D eigenvalue weighted by molar-refractivity contribution is -0.281. The maximum Gasteiger partial charge on any atom is 0.303 e. The van der Waals surface area contributed by atoms with Crippen molar-refractivity contribution >= 4 is 5.97 Å². The summed E-state index contributed by atoms with van der Waals surface area (Å²) in [6.45, 7) is 2.17. The van der Waals surface area contributed by atoms with Crippen molar-refractivity contribution in [3.05, 3.63) is 12.2 Å². The van der Waals surface area contributed by atoms with Crippen LogP contribution in [0.25, 0.3) is 0 Å². The molecular formula is C18H34O4. The minimum Gasteiger partial charge on any atom is -0.481 e. The van der Waals surface area contributed by atoms with Crippen LogP contribution in [-0.2, 0) is 9.68 Å². The number of carboxylic acids is 1. The minimum absolute atomic E-state index is 0.0227. The van der Waals surface area contributed by atoms with Crippen LogP contribution in [0.4, 0.5) is 0 Å². The number of allylic oxidation sites excluding steroid dienone is 2. The van der Waals surface area contributed by atoms with Crippen LogP contribution >= 0.6 is 0 Å². The number of unbranched alkanes of at least 4 members (excludes halogenated alkanes) is 7. The fraction of sp³-hybridized carbons (Fsp3) is 0.833. The molecular weight excluding hydrogens is 280 g/mol. The van der Waals surface area contributed by atoms with E-state index in [0.29, 0.717) is 6.42 Å². The number of carbonyl (C=O) groups is 1. The molecule has 4 nitrogen and oxygen atoms in total. The van der Waals surface area contributed by atoms with Crippen LogP contribution in [0.5, 0.6) is 0 Å². The van der Waals surface area contributed by atoms with Gasteiger partial charge in [0.2, 0.25) is 0 Å². The third-order valence-electron chi connectivity index (χ3n) is 3.86. The highest BCUT2D eigenvalue weighted by Gasteiger charge is 2.06. The molecule has 4 heteroatoms. The Balaban J connectivity index is 3.36. The third-order valence-corrected chi connectivity index (χ3v) is 3.86. The minimum atomic E-state index is -0.692. The molecule has 0 saturated carbocycles. The monoisotopic (exact) mass is 314 g/mol. The molecule has 1 unspecified atom stereocenters. The zero-order valence-corrected chi connectivity index (χ0v) is 14.1. The van der Waals surface area contributed by atoms with Crippen molar-refractivity contribution in [2.75, 3.05) is 0 Å². The second-order valence-corrected chi connectivity index (χ2v) is 5.97. The van der Waals surface area contributed by atoms with E-state index in [1.165, 1.54) is 25.7 Å². The largest absolute Gasteiger partial charge is 0.481 e. The van der Waals surface area contributed by atoms with Gasteiger partial charge >= 0.3 is 5.97 Å². The van der Waals surface area contributed by atoms with Crippen LogP contribution in [-0.4, -0.2) is 22.4 Å². The molecule has 0 heterocycles. The number of carboxylic acid groups (broad SMARTS) is 1. The molecule has 1 atom stereocenters. The molecule has 0 aliphatic carbocycles. The van der Waals surface area contributed by atoms with Gasteiger partial charge in [-0.3, -0.25) is 10.1 Å². The van der Waals surface area contributed by atoms with Gasteiger partial charge < -0.3 is 5.11 Å². The first-order valence-electron chi connectivity index (χ1n) is 8.87. The molecule has 0 aliphatic rings. The van der Waals surface area contributed by atoms with E-state index < -0.39 is 5.97 Å². The van der Waals surface area contributed by atoms with Gasteiger partial charge in [0.15, 0.2) is 0 Å². The highest BCUT2D eigenvalue weighted by atomic mass is 17.1. The normalized spacial score (nSPS) is 12.8. The van der Waals surface area contributed by atoms with Gasteiger partial charge in [0.1, 0.15) is 0 Å². The number of aliphatic carboxylic acids is 1. The maximum atomic E-state index is 10.3. The van der Waals surface area contributed by atoms with Gasteiger partial charge in [0, 0.05) is 6.42 Å². The summed E-state index contributed by atoms with van der Waals surface area (Å²) in [6.07, 6.45) is 17.3. The lowest BCUT2D eigenvalue weighted by atomic mass is 10.1. The SMILES string of the molecule is CCCCCC(CC/C=C\CCCCCCCC(=O)O)OO. The standard InChI is InChI=1S/C18H34O4/c1-2-3-11-14-17(22-21)15-12-9-7-5-4-6-8-10-13-16-18(19)20/h7,9,17,21H,2-6,8,10-16H2,1H3,(H,19,20)/b9-7-. The van der Waals surface area contributed by atoms with Gasteiger partial charge in [-0.25, -0.2) is 4.89 Å². The summed E-state index contributed by atoms with van der Waals surface area (Å²) in [7, 11) is 0. The van der Waals surface area contributed by atoms with E-state index in [2.05, 4.69) is 24.0 Å². The zero-order chi connectivity index (χ0) is 16.5. The molecule has 0 fully saturated rings. The van der Waals surface area contributed by atoms with E-state index >= 15 is 0 Å². The van der Waals surface area contributed by atoms with Gasteiger partial charge in [-0.2, -0.15) is 0 Å². The molecule has 0 aromatic carbocycles. The Kier molecular flexibility index (Phi) is 15.8. The van der Waals surface area contributed by atoms with Crippen molar-refractivity contribution in [3.8, 4) is 0 Å². The van der Waals surface area contributed by atoms with Gasteiger partial charge in [0.25, 0.3) is 0 Å². The summed E-state index contributed by atoms with van der Waals surface area (Å²) in [5.41, 5.74) is 0. The van der Waals surface area contributed by atoms with Gasteiger partial charge in [-0.15, -0.1) is 0 Å². The van der Waals surface area contributed by atoms with Crippen LogP contribution in [0.15, 0.2) is 12.2 Å². The lowest BCUT2D eigenvalue weighted by Gasteiger charge is -2.11. The number of hydrogen-bond donors (Lipinski definition) is 2. The second-order valence-electron chi connectivity index (χ2n) is 5.97. The first-order chi connectivity index (χ1) is 10.7. The fourth-order valence-electron chi connectivity index (χ4n) is 2.46. The lowest BCUT2D eigenvalue weighted by Crippen LogP contribution is -2.10. The van der Waals surface area contributed by atoms with Crippen LogP contribution in [0, 0.1) is 0 Å². The molecule has 130 valence electrons. The zero-order valence-electron chi connectivity index (χ0n) is 14.1. The average molecular weight is 314 g/mol. The van der Waals surface area contributed by atoms with Crippen molar-refractivity contribution in [3.63, 3.8) is 0 Å². The average Bonchev–Trinajstić information content (AvgIpc) is 2.50. The Bertz CT molecular complexity index is 276. The van der Waals surface area contributed by atoms with E-state index in [9.17, 15) is 4.79 Å². The molecule has 0 bridgehead atoms. The first-order valence-corrected chi connectivity index (χ1v) is 8.87. The first kappa shape index (κ1) is 21.1. The Morgan fingerprint density at radius 2 is 1.64 bits per heavy atom. The molecule has 0 amide bonds. The predicted molar refractivity (Wildman–Crippen MR) is 90.0 cm³/mol. The van der Waals surface area contributed by atoms with E-state index in [1.807, 2.05) is 0 Å². The Morgan fingerprint density at radius 1 is 0.955 bits per heavy atom. The molecule has 0 aromatic rings. The van der Waals surface area contributed by atoms with E-state index in [-0.39, 0.29) is 6.10 Å². The van der Waals surface area contributed by atoms with Crippen LogP contribution in [0.2, 0.25) is 0 Å². The fourth-order valence-corrected chi connectivity index (χ4v) is 2.46. The van der Waals surface area contributed by atoms with Gasteiger partial charge in [-0.05, 0) is 38.5 Å². The van der Waals surface area contributed by atoms with Crippen LogP contribution in [0.3, 0.4) is 0 Å². The Hall–Kier alpha value is -0.870. The summed E-state index contributed by atoms with van der Waals surface area (Å²) >= 11 is 0. The molecule has 0 rings (SSSR count). The topological polar surface area (TPSA) is 66.8 Å². The summed E-state index contributed by atoms with van der Waals surface area (Å²) in [6, 6.07) is 0. The van der Waals surface area contributed by atoms with Crippen molar-refractivity contribution in [1.82, 2.24) is 0 Å². The molecule has 2 N–H and O–H groups in total. The van der Waals surface area contributed by atoms with Crippen molar-refractivity contribution < 1.29 is 20.0 Å².